The van der Waals surface area contributed by atoms with E-state index in [0.29, 0.717) is 10.8 Å². The number of hydrogen-bond acceptors (Lipinski definition) is 8. The second kappa shape index (κ2) is 8.66. The summed E-state index contributed by atoms with van der Waals surface area (Å²) in [7, 11) is 0. The Morgan fingerprint density at radius 1 is 1.18 bits per heavy atom. The van der Waals surface area contributed by atoms with Gasteiger partial charge in [-0.1, -0.05) is 48.5 Å². The molecule has 3 aromatic rings. The number of nitrogens with two attached hydrogens (primary N) is 2. The van der Waals surface area contributed by atoms with Crippen LogP contribution in [0.4, 0.5) is 11.6 Å². The summed E-state index contributed by atoms with van der Waals surface area (Å²) in [5, 5.41) is 1.18. The monoisotopic (exact) mass is 482 g/mol. The van der Waals surface area contributed by atoms with Gasteiger partial charge in [0.05, 0.1) is 23.5 Å². The summed E-state index contributed by atoms with van der Waals surface area (Å²) in [5.41, 5.74) is 13.3. The molecule has 33 heavy (non-hydrogen) atoms. The third-order valence-corrected chi connectivity index (χ3v) is 8.16. The molecular weight excluding hydrogens is 456 g/mol. The summed E-state index contributed by atoms with van der Waals surface area (Å²) < 4.78 is 6.52. The summed E-state index contributed by atoms with van der Waals surface area (Å²) in [6, 6.07) is 10.3. The van der Waals surface area contributed by atoms with E-state index in [0.717, 1.165) is 46.3 Å². The maximum atomic E-state index is 6.74. The van der Waals surface area contributed by atoms with Crippen molar-refractivity contribution in [2.24, 2.45) is 5.73 Å². The highest BCUT2D eigenvalue weighted by Crippen LogP contribution is 2.50. The van der Waals surface area contributed by atoms with Crippen LogP contribution in [0.2, 0.25) is 5.02 Å². The Morgan fingerprint density at radius 3 is 2.73 bits per heavy atom. The van der Waals surface area contributed by atoms with Crippen molar-refractivity contribution in [3.63, 3.8) is 0 Å². The van der Waals surface area contributed by atoms with Gasteiger partial charge in [0.2, 0.25) is 0 Å². The summed E-state index contributed by atoms with van der Waals surface area (Å²) in [4.78, 5) is 16.6. The van der Waals surface area contributed by atoms with Crippen molar-refractivity contribution in [1.29, 1.82) is 0 Å². The van der Waals surface area contributed by atoms with Gasteiger partial charge >= 0.3 is 0 Å². The van der Waals surface area contributed by atoms with Crippen molar-refractivity contribution in [2.45, 2.75) is 66.8 Å². The highest BCUT2D eigenvalue weighted by atomic mass is 35.5. The number of rotatable bonds is 4. The molecule has 0 aliphatic carbocycles. The Balaban J connectivity index is 1.36. The van der Waals surface area contributed by atoms with E-state index in [1.807, 2.05) is 30.5 Å². The van der Waals surface area contributed by atoms with Gasteiger partial charge in [-0.25, -0.2) is 15.0 Å². The van der Waals surface area contributed by atoms with Gasteiger partial charge in [-0.2, -0.15) is 0 Å². The number of nitrogen functional groups attached to an aromatic ring is 1. The second-order valence-corrected chi connectivity index (χ2v) is 10.2. The molecule has 4 N–H and O–H groups in total. The third kappa shape index (κ3) is 3.90. The van der Waals surface area contributed by atoms with Gasteiger partial charge in [0, 0.05) is 41.6 Å². The average molecular weight is 483 g/mol. The Labute approximate surface area is 202 Å². The van der Waals surface area contributed by atoms with Crippen LogP contribution in [0.1, 0.15) is 44.7 Å². The minimum Gasteiger partial charge on any atom is -0.485 e. The Kier molecular flexibility index (Phi) is 5.84. The first-order valence-electron chi connectivity index (χ1n) is 11.1. The van der Waals surface area contributed by atoms with Crippen molar-refractivity contribution >= 4 is 35.0 Å². The Morgan fingerprint density at radius 2 is 2.00 bits per heavy atom. The zero-order valence-electron chi connectivity index (χ0n) is 18.6. The van der Waals surface area contributed by atoms with Crippen LogP contribution in [-0.4, -0.2) is 32.6 Å². The van der Waals surface area contributed by atoms with Crippen molar-refractivity contribution < 1.29 is 4.74 Å². The van der Waals surface area contributed by atoms with Gasteiger partial charge in [-0.15, -0.1) is 0 Å². The Hall–Kier alpha value is -2.55. The molecule has 4 atom stereocenters. The lowest BCUT2D eigenvalue weighted by molar-refractivity contribution is 0.0166. The summed E-state index contributed by atoms with van der Waals surface area (Å²) >= 11 is 7.69. The SMILES string of the molecule is CC[C@@H]1C[C@@]2(C[C@H](C)N1c1cnc(Sc3ccnc(N)c3Cl)cn1)Oc1ccccc1[C@H]2N. The predicted molar refractivity (Wildman–Crippen MR) is 132 cm³/mol. The quantitative estimate of drug-likeness (QED) is 0.543. The van der Waals surface area contributed by atoms with E-state index in [1.165, 1.54) is 11.8 Å². The molecule has 0 bridgehead atoms. The van der Waals surface area contributed by atoms with E-state index in [1.54, 1.807) is 12.4 Å². The van der Waals surface area contributed by atoms with Crippen molar-refractivity contribution in [2.75, 3.05) is 10.6 Å². The van der Waals surface area contributed by atoms with Gasteiger partial charge in [0.15, 0.2) is 0 Å². The molecule has 9 heteroatoms. The fourth-order valence-electron chi connectivity index (χ4n) is 5.15. The molecule has 1 saturated heterocycles. The lowest BCUT2D eigenvalue weighted by Crippen LogP contribution is -2.59. The molecule has 172 valence electrons. The first-order chi connectivity index (χ1) is 15.9. The standard InChI is InChI=1S/C24H27ClN6OS/c1-3-15-11-24(22(26)16-6-4-5-7-17(16)32-24)10-14(2)31(15)19-12-30-20(13-29-19)33-18-8-9-28-23(27)21(18)25/h4-9,12-15,22H,3,10-11,26H2,1-2H3,(H2,27,28)/t14-,15+,22+,24+/m0/s1. The molecule has 7 nitrogen and oxygen atoms in total. The van der Waals surface area contributed by atoms with Gasteiger partial charge in [0.25, 0.3) is 0 Å². The maximum Gasteiger partial charge on any atom is 0.147 e. The zero-order chi connectivity index (χ0) is 23.2. The molecule has 0 radical (unpaired) electrons. The third-order valence-electron chi connectivity index (χ3n) is 6.67. The van der Waals surface area contributed by atoms with Crippen molar-refractivity contribution in [1.82, 2.24) is 15.0 Å². The molecule has 1 spiro atoms. The molecular formula is C24H27ClN6OS. The highest BCUT2D eigenvalue weighted by molar-refractivity contribution is 7.99. The molecule has 1 aromatic carbocycles. The number of benzene rings is 1. The summed E-state index contributed by atoms with van der Waals surface area (Å²) in [5.74, 6) is 2.08. The average Bonchev–Trinajstić information content (AvgIpc) is 3.08. The molecule has 0 saturated carbocycles. The molecule has 0 unspecified atom stereocenters. The number of halogens is 1. The normalized spacial score (nSPS) is 26.3. The molecule has 1 fully saturated rings. The number of pyridine rings is 1. The van der Waals surface area contributed by atoms with Crippen LogP contribution in [0.3, 0.4) is 0 Å². The minimum atomic E-state index is -0.387. The number of nitrogens with zero attached hydrogens (tertiary/aromatic N) is 4. The molecule has 2 aliphatic heterocycles. The van der Waals surface area contributed by atoms with Crippen LogP contribution in [0.15, 0.2) is 58.8 Å². The lowest BCUT2D eigenvalue weighted by Gasteiger charge is -2.50. The fraction of sp³-hybridized carbons (Fsp3) is 0.375. The predicted octanol–water partition coefficient (Wildman–Crippen LogP) is 4.86. The van der Waals surface area contributed by atoms with Crippen molar-refractivity contribution in [3.8, 4) is 5.75 Å². The number of ether oxygens (including phenoxy) is 1. The number of aromatic nitrogens is 3. The number of para-hydroxylation sites is 1. The molecule has 2 aromatic heterocycles. The van der Waals surface area contributed by atoms with Crippen LogP contribution in [0.25, 0.3) is 0 Å². The minimum absolute atomic E-state index is 0.130. The van der Waals surface area contributed by atoms with E-state index in [-0.39, 0.29) is 23.7 Å². The first-order valence-corrected chi connectivity index (χ1v) is 12.3. The molecule has 4 heterocycles. The summed E-state index contributed by atoms with van der Waals surface area (Å²) in [6.45, 7) is 4.41. The van der Waals surface area contributed by atoms with Gasteiger partial charge in [-0.3, -0.25) is 0 Å². The van der Waals surface area contributed by atoms with E-state index in [4.69, 9.17) is 32.8 Å². The zero-order valence-corrected chi connectivity index (χ0v) is 20.2. The van der Waals surface area contributed by atoms with Crippen molar-refractivity contribution in [3.05, 3.63) is 59.5 Å². The van der Waals surface area contributed by atoms with Crippen LogP contribution in [-0.2, 0) is 0 Å². The largest absolute Gasteiger partial charge is 0.485 e. The first kappa shape index (κ1) is 22.3. The van der Waals surface area contributed by atoms with E-state index < -0.39 is 0 Å². The number of anilines is 2. The molecule has 0 amide bonds. The maximum absolute atomic E-state index is 6.74. The van der Waals surface area contributed by atoms with Gasteiger partial charge in [0.1, 0.15) is 28.0 Å². The van der Waals surface area contributed by atoms with Crippen LogP contribution >= 0.6 is 23.4 Å². The highest BCUT2D eigenvalue weighted by Gasteiger charge is 2.53. The summed E-state index contributed by atoms with van der Waals surface area (Å²) in [6.07, 6.45) is 7.88. The topological polar surface area (TPSA) is 103 Å². The smallest absolute Gasteiger partial charge is 0.147 e. The van der Waals surface area contributed by atoms with Crippen LogP contribution in [0, 0.1) is 0 Å². The van der Waals surface area contributed by atoms with Crippen LogP contribution < -0.4 is 21.1 Å². The van der Waals surface area contributed by atoms with E-state index in [2.05, 4.69) is 34.8 Å². The Bertz CT molecular complexity index is 1160. The number of fused-ring (bicyclic) bond motifs is 1. The second-order valence-electron chi connectivity index (χ2n) is 8.73. The van der Waals surface area contributed by atoms with E-state index in [9.17, 15) is 0 Å². The number of hydrogen-bond donors (Lipinski definition) is 2. The number of piperidine rings is 1. The van der Waals surface area contributed by atoms with E-state index >= 15 is 0 Å². The van der Waals surface area contributed by atoms with Gasteiger partial charge < -0.3 is 21.1 Å². The van der Waals surface area contributed by atoms with Crippen LogP contribution in [0.5, 0.6) is 5.75 Å². The lowest BCUT2D eigenvalue weighted by atomic mass is 9.76. The van der Waals surface area contributed by atoms with Gasteiger partial charge in [-0.05, 0) is 25.5 Å². The molecule has 2 aliphatic rings. The molecule has 5 rings (SSSR count). The fourth-order valence-corrected chi connectivity index (χ4v) is 6.14.